The van der Waals surface area contributed by atoms with Crippen LogP contribution in [0.4, 0.5) is 4.39 Å². The van der Waals surface area contributed by atoms with Crippen molar-refractivity contribution in [2.75, 3.05) is 20.2 Å². The molecule has 3 rings (SSSR count). The molecule has 0 amide bonds. The highest BCUT2D eigenvalue weighted by molar-refractivity contribution is 5.87. The summed E-state index contributed by atoms with van der Waals surface area (Å²) in [6.07, 6.45) is 5.40. The molecule has 2 aromatic rings. The summed E-state index contributed by atoms with van der Waals surface area (Å²) < 4.78 is 19.5. The SMILES string of the molecule is CCN(CCc1cccc(C)c1)C1CCc2c1ccc(C=CC(=O)OC)c2F. The van der Waals surface area contributed by atoms with Crippen molar-refractivity contribution in [2.24, 2.45) is 0 Å². The van der Waals surface area contributed by atoms with E-state index >= 15 is 0 Å². The van der Waals surface area contributed by atoms with Crippen molar-refractivity contribution in [3.63, 3.8) is 0 Å². The number of nitrogens with zero attached hydrogens (tertiary/aromatic N) is 1. The molecule has 1 aliphatic carbocycles. The van der Waals surface area contributed by atoms with Crippen LogP contribution < -0.4 is 0 Å². The predicted octanol–water partition coefficient (Wildman–Crippen LogP) is 4.87. The Labute approximate surface area is 166 Å². The van der Waals surface area contributed by atoms with Crippen LogP contribution in [0.15, 0.2) is 42.5 Å². The molecule has 0 N–H and O–H groups in total. The molecule has 0 heterocycles. The van der Waals surface area contributed by atoms with Crippen molar-refractivity contribution in [3.8, 4) is 0 Å². The fraction of sp³-hybridized carbons (Fsp3) is 0.375. The lowest BCUT2D eigenvalue weighted by atomic mass is 10.0. The molecule has 2 aromatic carbocycles. The maximum absolute atomic E-state index is 14.9. The molecule has 0 spiro atoms. The smallest absolute Gasteiger partial charge is 0.330 e. The van der Waals surface area contributed by atoms with E-state index in [2.05, 4.69) is 47.7 Å². The number of benzene rings is 2. The first-order chi connectivity index (χ1) is 13.5. The van der Waals surface area contributed by atoms with Gasteiger partial charge in [-0.3, -0.25) is 4.90 Å². The molecule has 0 bridgehead atoms. The third-order valence-corrected chi connectivity index (χ3v) is 5.55. The molecule has 1 atom stereocenters. The first-order valence-corrected chi connectivity index (χ1v) is 9.90. The second kappa shape index (κ2) is 9.16. The van der Waals surface area contributed by atoms with Crippen LogP contribution in [0.25, 0.3) is 6.08 Å². The number of aryl methyl sites for hydroxylation is 1. The van der Waals surface area contributed by atoms with Crippen LogP contribution in [0.3, 0.4) is 0 Å². The van der Waals surface area contributed by atoms with Crippen LogP contribution >= 0.6 is 0 Å². The van der Waals surface area contributed by atoms with E-state index in [4.69, 9.17) is 0 Å². The zero-order valence-electron chi connectivity index (χ0n) is 16.9. The Bertz CT molecular complexity index is 875. The molecular weight excluding hydrogens is 353 g/mol. The molecular formula is C24H28FNO2. The van der Waals surface area contributed by atoms with Crippen LogP contribution in [0.2, 0.25) is 0 Å². The molecule has 3 nitrogen and oxygen atoms in total. The van der Waals surface area contributed by atoms with Gasteiger partial charge >= 0.3 is 5.97 Å². The molecule has 0 aromatic heterocycles. The molecule has 0 saturated carbocycles. The molecule has 0 aliphatic heterocycles. The van der Waals surface area contributed by atoms with Gasteiger partial charge in [-0.15, -0.1) is 0 Å². The summed E-state index contributed by atoms with van der Waals surface area (Å²) in [6.45, 7) is 6.17. The van der Waals surface area contributed by atoms with Crippen LogP contribution in [-0.2, 0) is 22.4 Å². The van der Waals surface area contributed by atoms with E-state index in [9.17, 15) is 9.18 Å². The van der Waals surface area contributed by atoms with Crippen molar-refractivity contribution in [1.29, 1.82) is 0 Å². The van der Waals surface area contributed by atoms with E-state index in [1.165, 1.54) is 30.4 Å². The van der Waals surface area contributed by atoms with Crippen molar-refractivity contribution < 1.29 is 13.9 Å². The maximum atomic E-state index is 14.9. The molecule has 28 heavy (non-hydrogen) atoms. The number of hydrogen-bond donors (Lipinski definition) is 0. The number of carbonyl (C=O) groups excluding carboxylic acids is 1. The molecule has 0 saturated heterocycles. The molecule has 1 aliphatic rings. The van der Waals surface area contributed by atoms with E-state index < -0.39 is 5.97 Å². The Morgan fingerprint density at radius 3 is 2.86 bits per heavy atom. The summed E-state index contributed by atoms with van der Waals surface area (Å²) in [5.74, 6) is -0.694. The highest BCUT2D eigenvalue weighted by atomic mass is 19.1. The molecule has 1 unspecified atom stereocenters. The predicted molar refractivity (Wildman–Crippen MR) is 111 cm³/mol. The zero-order valence-corrected chi connectivity index (χ0v) is 16.9. The molecule has 4 heteroatoms. The van der Waals surface area contributed by atoms with Gasteiger partial charge in [0, 0.05) is 24.2 Å². The first kappa shape index (κ1) is 20.3. The number of rotatable bonds is 7. The summed E-state index contributed by atoms with van der Waals surface area (Å²) >= 11 is 0. The second-order valence-corrected chi connectivity index (χ2v) is 7.32. The van der Waals surface area contributed by atoms with E-state index in [0.29, 0.717) is 5.56 Å². The van der Waals surface area contributed by atoms with Gasteiger partial charge in [-0.05, 0) is 55.5 Å². The van der Waals surface area contributed by atoms with E-state index in [-0.39, 0.29) is 11.9 Å². The largest absolute Gasteiger partial charge is 0.466 e. The summed E-state index contributed by atoms with van der Waals surface area (Å²) in [5, 5.41) is 0. The highest BCUT2D eigenvalue weighted by Gasteiger charge is 2.29. The number of likely N-dealkylation sites (N-methyl/N-ethyl adjacent to an activating group) is 1. The third-order valence-electron chi connectivity index (χ3n) is 5.55. The zero-order chi connectivity index (χ0) is 20.1. The van der Waals surface area contributed by atoms with Gasteiger partial charge < -0.3 is 4.74 Å². The summed E-state index contributed by atoms with van der Waals surface area (Å²) in [4.78, 5) is 13.7. The lowest BCUT2D eigenvalue weighted by molar-refractivity contribution is -0.134. The Hall–Kier alpha value is -2.46. The number of fused-ring (bicyclic) bond motifs is 1. The van der Waals surface area contributed by atoms with Gasteiger partial charge in [-0.1, -0.05) is 48.9 Å². The molecule has 0 fully saturated rings. The Balaban J connectivity index is 1.75. The van der Waals surface area contributed by atoms with Crippen molar-refractivity contribution in [3.05, 3.63) is 76.1 Å². The van der Waals surface area contributed by atoms with Crippen molar-refractivity contribution in [1.82, 2.24) is 4.90 Å². The Morgan fingerprint density at radius 2 is 2.14 bits per heavy atom. The normalized spacial score (nSPS) is 16.0. The average molecular weight is 381 g/mol. The summed E-state index contributed by atoms with van der Waals surface area (Å²) in [5.41, 5.74) is 4.92. The lowest BCUT2D eigenvalue weighted by Crippen LogP contribution is -2.29. The fourth-order valence-corrected chi connectivity index (χ4v) is 4.07. The minimum atomic E-state index is -0.480. The monoisotopic (exact) mass is 381 g/mol. The fourth-order valence-electron chi connectivity index (χ4n) is 4.07. The maximum Gasteiger partial charge on any atom is 0.330 e. The van der Waals surface area contributed by atoms with Crippen LogP contribution in [-0.4, -0.2) is 31.1 Å². The summed E-state index contributed by atoms with van der Waals surface area (Å²) in [7, 11) is 1.31. The molecule has 148 valence electrons. The Morgan fingerprint density at radius 1 is 1.32 bits per heavy atom. The number of esters is 1. The van der Waals surface area contributed by atoms with Crippen LogP contribution in [0, 0.1) is 12.7 Å². The number of ether oxygens (including phenoxy) is 1. The lowest BCUT2D eigenvalue weighted by Gasteiger charge is -2.28. The van der Waals surface area contributed by atoms with Crippen LogP contribution in [0.5, 0.6) is 0 Å². The van der Waals surface area contributed by atoms with Crippen molar-refractivity contribution >= 4 is 12.0 Å². The Kier molecular flexibility index (Phi) is 6.63. The minimum absolute atomic E-state index is 0.213. The van der Waals surface area contributed by atoms with Gasteiger partial charge in [0.1, 0.15) is 5.82 Å². The number of hydrogen-bond acceptors (Lipinski definition) is 3. The highest BCUT2D eigenvalue weighted by Crippen LogP contribution is 2.38. The van der Waals surface area contributed by atoms with Crippen molar-refractivity contribution in [2.45, 2.75) is 39.2 Å². The molecule has 0 radical (unpaired) electrons. The van der Waals surface area contributed by atoms with E-state index in [1.54, 1.807) is 6.07 Å². The minimum Gasteiger partial charge on any atom is -0.466 e. The summed E-state index contributed by atoms with van der Waals surface area (Å²) in [6, 6.07) is 12.6. The quantitative estimate of drug-likeness (QED) is 0.506. The average Bonchev–Trinajstić information content (AvgIpc) is 3.12. The van der Waals surface area contributed by atoms with Gasteiger partial charge in [-0.2, -0.15) is 0 Å². The van der Waals surface area contributed by atoms with Gasteiger partial charge in [0.25, 0.3) is 0 Å². The second-order valence-electron chi connectivity index (χ2n) is 7.32. The van der Waals surface area contributed by atoms with Gasteiger partial charge in [0.05, 0.1) is 7.11 Å². The third kappa shape index (κ3) is 4.50. The standard InChI is InChI=1S/C24H28FNO2/c1-4-26(15-14-18-7-5-6-17(2)16-18)22-12-11-21-20(22)10-8-19(24(21)25)9-13-23(27)28-3/h5-10,13,16,22H,4,11-12,14-15H2,1-3H3. The number of methoxy groups -OCH3 is 1. The number of carbonyl (C=O) groups is 1. The van der Waals surface area contributed by atoms with E-state index in [1.807, 2.05) is 6.07 Å². The topological polar surface area (TPSA) is 29.5 Å². The van der Waals surface area contributed by atoms with Gasteiger partial charge in [-0.25, -0.2) is 9.18 Å². The number of halogens is 1. The van der Waals surface area contributed by atoms with Gasteiger partial charge in [0.2, 0.25) is 0 Å². The van der Waals surface area contributed by atoms with Crippen LogP contribution in [0.1, 0.15) is 47.2 Å². The van der Waals surface area contributed by atoms with Gasteiger partial charge in [0.15, 0.2) is 0 Å². The van der Waals surface area contributed by atoms with E-state index in [0.717, 1.165) is 43.5 Å². The first-order valence-electron chi connectivity index (χ1n) is 9.90.